The summed E-state index contributed by atoms with van der Waals surface area (Å²) in [5, 5.41) is 6.59. The Hall–Kier alpha value is -2.13. The molecule has 24 heavy (non-hydrogen) atoms. The van der Waals surface area contributed by atoms with Crippen molar-refractivity contribution in [1.82, 2.24) is 10.6 Å². The van der Waals surface area contributed by atoms with Crippen LogP contribution in [0.5, 0.6) is 0 Å². The van der Waals surface area contributed by atoms with E-state index in [-0.39, 0.29) is 5.91 Å². The van der Waals surface area contributed by atoms with E-state index in [2.05, 4.69) is 47.9 Å². The van der Waals surface area contributed by atoms with Crippen molar-refractivity contribution in [3.05, 3.63) is 71.3 Å². The van der Waals surface area contributed by atoms with Crippen molar-refractivity contribution >= 4 is 5.91 Å². The minimum atomic E-state index is -0.409. The number of amides is 1. The molecule has 1 aliphatic rings. The van der Waals surface area contributed by atoms with Crippen LogP contribution in [0.1, 0.15) is 36.5 Å². The van der Waals surface area contributed by atoms with Gasteiger partial charge in [0, 0.05) is 6.54 Å². The maximum atomic E-state index is 13.2. The molecule has 1 fully saturated rings. The van der Waals surface area contributed by atoms with Crippen LogP contribution < -0.4 is 10.6 Å². The van der Waals surface area contributed by atoms with Crippen LogP contribution in [0.15, 0.2) is 54.6 Å². The fourth-order valence-corrected chi connectivity index (χ4v) is 3.68. The normalized spacial score (nSPS) is 16.5. The molecule has 1 amide bonds. The molecule has 2 aromatic rings. The van der Waals surface area contributed by atoms with E-state index < -0.39 is 5.41 Å². The number of rotatable bonds is 5. The van der Waals surface area contributed by atoms with Gasteiger partial charge in [0.05, 0.1) is 5.41 Å². The fourth-order valence-electron chi connectivity index (χ4n) is 3.68. The molecule has 2 N–H and O–H groups in total. The van der Waals surface area contributed by atoms with Gasteiger partial charge in [-0.1, -0.05) is 61.5 Å². The number of aryl methyl sites for hydroxylation is 1. The number of carbonyl (C=O) groups is 1. The maximum absolute atomic E-state index is 13.2. The number of piperidine rings is 1. The number of hydrogen-bond donors (Lipinski definition) is 2. The molecule has 3 nitrogen and oxygen atoms in total. The Morgan fingerprint density at radius 3 is 2.29 bits per heavy atom. The zero-order valence-electron chi connectivity index (χ0n) is 14.3. The molecule has 0 aliphatic carbocycles. The largest absolute Gasteiger partial charge is 0.351 e. The van der Waals surface area contributed by atoms with E-state index in [1.807, 2.05) is 24.3 Å². The lowest BCUT2D eigenvalue weighted by atomic mass is 9.72. The van der Waals surface area contributed by atoms with Crippen LogP contribution in [0, 0.1) is 0 Å². The number of benzene rings is 2. The second-order valence-electron chi connectivity index (χ2n) is 6.50. The van der Waals surface area contributed by atoms with Crippen molar-refractivity contribution < 1.29 is 4.79 Å². The maximum Gasteiger partial charge on any atom is 0.231 e. The summed E-state index contributed by atoms with van der Waals surface area (Å²) in [6, 6.07) is 18.6. The Morgan fingerprint density at radius 1 is 1.00 bits per heavy atom. The SMILES string of the molecule is CCc1ccccc1CNC(=O)C1(c2ccccc2)CCNCC1. The van der Waals surface area contributed by atoms with Crippen molar-refractivity contribution in [2.45, 2.75) is 38.1 Å². The van der Waals surface area contributed by atoms with Gasteiger partial charge in [-0.15, -0.1) is 0 Å². The second kappa shape index (κ2) is 7.63. The Labute approximate surface area is 144 Å². The third-order valence-electron chi connectivity index (χ3n) is 5.16. The molecule has 0 aromatic heterocycles. The van der Waals surface area contributed by atoms with E-state index >= 15 is 0 Å². The predicted octanol–water partition coefficient (Wildman–Crippen LogP) is 3.19. The van der Waals surface area contributed by atoms with Crippen LogP contribution in [0.3, 0.4) is 0 Å². The molecule has 3 rings (SSSR count). The first-order valence-electron chi connectivity index (χ1n) is 8.87. The first kappa shape index (κ1) is 16.7. The minimum Gasteiger partial charge on any atom is -0.351 e. The molecule has 0 unspecified atom stereocenters. The molecule has 0 spiro atoms. The highest BCUT2D eigenvalue weighted by molar-refractivity contribution is 5.88. The lowest BCUT2D eigenvalue weighted by Gasteiger charge is -2.36. The van der Waals surface area contributed by atoms with Gasteiger partial charge in [0.1, 0.15) is 0 Å². The summed E-state index contributed by atoms with van der Waals surface area (Å²) >= 11 is 0. The average Bonchev–Trinajstić information content (AvgIpc) is 2.67. The molecule has 1 aliphatic heterocycles. The Morgan fingerprint density at radius 2 is 1.62 bits per heavy atom. The Bertz CT molecular complexity index is 675. The van der Waals surface area contributed by atoms with Crippen molar-refractivity contribution in [2.75, 3.05) is 13.1 Å². The summed E-state index contributed by atoms with van der Waals surface area (Å²) in [5.41, 5.74) is 3.24. The van der Waals surface area contributed by atoms with Crippen LogP contribution >= 0.6 is 0 Å². The highest BCUT2D eigenvalue weighted by Crippen LogP contribution is 2.33. The molecule has 0 radical (unpaired) electrons. The number of hydrogen-bond acceptors (Lipinski definition) is 2. The van der Waals surface area contributed by atoms with Crippen molar-refractivity contribution in [3.8, 4) is 0 Å². The van der Waals surface area contributed by atoms with Gasteiger partial charge in [-0.25, -0.2) is 0 Å². The molecule has 2 aromatic carbocycles. The Balaban J connectivity index is 1.80. The molecule has 0 saturated carbocycles. The standard InChI is InChI=1S/C21H26N2O/c1-2-17-8-6-7-9-18(17)16-23-20(24)21(12-14-22-15-13-21)19-10-4-3-5-11-19/h3-11,22H,2,12-16H2,1H3,(H,23,24). The van der Waals surface area contributed by atoms with Gasteiger partial charge in [-0.3, -0.25) is 4.79 Å². The van der Waals surface area contributed by atoms with Crippen molar-refractivity contribution in [3.63, 3.8) is 0 Å². The molecule has 3 heteroatoms. The predicted molar refractivity (Wildman–Crippen MR) is 97.9 cm³/mol. The van der Waals surface area contributed by atoms with Crippen LogP contribution in [0.25, 0.3) is 0 Å². The number of nitrogens with one attached hydrogen (secondary N) is 2. The van der Waals surface area contributed by atoms with E-state index in [0.29, 0.717) is 6.54 Å². The van der Waals surface area contributed by atoms with E-state index in [4.69, 9.17) is 0 Å². The average molecular weight is 322 g/mol. The van der Waals surface area contributed by atoms with E-state index in [9.17, 15) is 4.79 Å². The molecule has 126 valence electrons. The summed E-state index contributed by atoms with van der Waals surface area (Å²) in [7, 11) is 0. The van der Waals surface area contributed by atoms with Crippen LogP contribution in [-0.2, 0) is 23.2 Å². The topological polar surface area (TPSA) is 41.1 Å². The Kier molecular flexibility index (Phi) is 5.31. The molecule has 1 heterocycles. The minimum absolute atomic E-state index is 0.154. The zero-order chi connectivity index (χ0) is 16.8. The molecular weight excluding hydrogens is 296 g/mol. The highest BCUT2D eigenvalue weighted by atomic mass is 16.2. The van der Waals surface area contributed by atoms with Gasteiger partial charge in [0.15, 0.2) is 0 Å². The smallest absolute Gasteiger partial charge is 0.231 e. The summed E-state index contributed by atoms with van der Waals surface area (Å²) in [4.78, 5) is 13.2. The quantitative estimate of drug-likeness (QED) is 0.887. The lowest BCUT2D eigenvalue weighted by Crippen LogP contribution is -2.50. The second-order valence-corrected chi connectivity index (χ2v) is 6.50. The van der Waals surface area contributed by atoms with Gasteiger partial charge in [0.2, 0.25) is 5.91 Å². The van der Waals surface area contributed by atoms with E-state index in [1.165, 1.54) is 11.1 Å². The summed E-state index contributed by atoms with van der Waals surface area (Å²) < 4.78 is 0. The fraction of sp³-hybridized carbons (Fsp3) is 0.381. The first-order valence-corrected chi connectivity index (χ1v) is 8.87. The third kappa shape index (κ3) is 3.36. The lowest BCUT2D eigenvalue weighted by molar-refractivity contribution is -0.128. The molecular formula is C21H26N2O. The third-order valence-corrected chi connectivity index (χ3v) is 5.16. The number of carbonyl (C=O) groups excluding carboxylic acids is 1. The van der Waals surface area contributed by atoms with Crippen LogP contribution in [0.2, 0.25) is 0 Å². The van der Waals surface area contributed by atoms with Gasteiger partial charge in [-0.05, 0) is 49.0 Å². The van der Waals surface area contributed by atoms with Crippen molar-refractivity contribution in [1.29, 1.82) is 0 Å². The molecule has 0 atom stereocenters. The van der Waals surface area contributed by atoms with Crippen LogP contribution in [0.4, 0.5) is 0 Å². The van der Waals surface area contributed by atoms with Gasteiger partial charge in [0.25, 0.3) is 0 Å². The molecule has 1 saturated heterocycles. The zero-order valence-corrected chi connectivity index (χ0v) is 14.3. The first-order chi connectivity index (χ1) is 11.8. The van der Waals surface area contributed by atoms with E-state index in [0.717, 1.165) is 37.9 Å². The van der Waals surface area contributed by atoms with Gasteiger partial charge >= 0.3 is 0 Å². The summed E-state index contributed by atoms with van der Waals surface area (Å²) in [6.45, 7) is 4.52. The van der Waals surface area contributed by atoms with Gasteiger partial charge in [-0.2, -0.15) is 0 Å². The monoisotopic (exact) mass is 322 g/mol. The molecule has 0 bridgehead atoms. The summed E-state index contributed by atoms with van der Waals surface area (Å²) in [6.07, 6.45) is 2.68. The van der Waals surface area contributed by atoms with Gasteiger partial charge < -0.3 is 10.6 Å². The van der Waals surface area contributed by atoms with Crippen LogP contribution in [-0.4, -0.2) is 19.0 Å². The van der Waals surface area contributed by atoms with E-state index in [1.54, 1.807) is 0 Å². The highest BCUT2D eigenvalue weighted by Gasteiger charge is 2.40. The van der Waals surface area contributed by atoms with Crippen molar-refractivity contribution in [2.24, 2.45) is 0 Å². The summed E-state index contributed by atoms with van der Waals surface area (Å²) in [5.74, 6) is 0.154.